The van der Waals surface area contributed by atoms with Crippen LogP contribution >= 0.6 is 0 Å². The van der Waals surface area contributed by atoms with E-state index in [0.717, 1.165) is 25.8 Å². The summed E-state index contributed by atoms with van der Waals surface area (Å²) in [6.45, 7) is 6.90. The number of aryl methyl sites for hydroxylation is 1. The van der Waals surface area contributed by atoms with Crippen molar-refractivity contribution in [3.05, 3.63) is 35.4 Å². The minimum atomic E-state index is 0.483. The second-order valence-corrected chi connectivity index (χ2v) is 4.90. The molecule has 1 aliphatic carbocycles. The average molecular weight is 233 g/mol. The van der Waals surface area contributed by atoms with Crippen LogP contribution in [0.5, 0.6) is 0 Å². The first kappa shape index (κ1) is 12.6. The number of benzene rings is 1. The number of nitrogens with one attached hydrogen (secondary N) is 1. The molecule has 0 amide bonds. The molecule has 0 aromatic heterocycles. The van der Waals surface area contributed by atoms with Gasteiger partial charge >= 0.3 is 0 Å². The van der Waals surface area contributed by atoms with E-state index in [0.29, 0.717) is 5.92 Å². The lowest BCUT2D eigenvalue weighted by Gasteiger charge is -2.19. The van der Waals surface area contributed by atoms with E-state index in [1.165, 1.54) is 24.0 Å². The molecule has 0 aliphatic heterocycles. The summed E-state index contributed by atoms with van der Waals surface area (Å²) in [5, 5.41) is 3.61. The van der Waals surface area contributed by atoms with Crippen molar-refractivity contribution in [3.63, 3.8) is 0 Å². The third-order valence-electron chi connectivity index (χ3n) is 3.38. The van der Waals surface area contributed by atoms with Gasteiger partial charge in [-0.2, -0.15) is 0 Å². The van der Waals surface area contributed by atoms with Crippen LogP contribution in [0.2, 0.25) is 0 Å². The van der Waals surface area contributed by atoms with Gasteiger partial charge in [0.05, 0.1) is 6.61 Å². The predicted molar refractivity (Wildman–Crippen MR) is 71.4 cm³/mol. The average Bonchev–Trinajstić information content (AvgIpc) is 3.15. The Bertz CT molecular complexity index is 347. The largest absolute Gasteiger partial charge is 0.381 e. The van der Waals surface area contributed by atoms with E-state index < -0.39 is 0 Å². The number of hydrogen-bond donors (Lipinski definition) is 1. The van der Waals surface area contributed by atoms with E-state index >= 15 is 0 Å². The van der Waals surface area contributed by atoms with Crippen LogP contribution in [0.1, 0.15) is 36.8 Å². The van der Waals surface area contributed by atoms with Crippen LogP contribution in [0.25, 0.3) is 0 Å². The molecule has 0 radical (unpaired) electrons. The normalized spacial score (nSPS) is 17.1. The molecule has 1 unspecified atom stereocenters. The standard InChI is InChI=1S/C15H23NO/c1-3-17-11-13(10-16-14-8-9-14)15-7-5-4-6-12(15)2/h4-7,13-14,16H,3,8-11H2,1-2H3. The molecule has 1 saturated carbocycles. The Labute approximate surface area is 104 Å². The van der Waals surface area contributed by atoms with Crippen molar-refractivity contribution in [1.82, 2.24) is 5.32 Å². The Morgan fingerprint density at radius 3 is 2.76 bits per heavy atom. The maximum absolute atomic E-state index is 5.62. The molecule has 2 heteroatoms. The molecule has 1 fully saturated rings. The van der Waals surface area contributed by atoms with Crippen molar-refractivity contribution >= 4 is 0 Å². The molecular formula is C15H23NO. The Morgan fingerprint density at radius 2 is 2.12 bits per heavy atom. The first-order valence-electron chi connectivity index (χ1n) is 6.68. The number of rotatable bonds is 7. The van der Waals surface area contributed by atoms with Crippen molar-refractivity contribution in [1.29, 1.82) is 0 Å². The summed E-state index contributed by atoms with van der Waals surface area (Å²) < 4.78 is 5.62. The monoisotopic (exact) mass is 233 g/mol. The summed E-state index contributed by atoms with van der Waals surface area (Å²) in [6, 6.07) is 9.41. The Morgan fingerprint density at radius 1 is 1.35 bits per heavy atom. The van der Waals surface area contributed by atoms with Crippen LogP contribution in [-0.4, -0.2) is 25.8 Å². The van der Waals surface area contributed by atoms with Gasteiger partial charge in [0.2, 0.25) is 0 Å². The lowest BCUT2D eigenvalue weighted by atomic mass is 9.95. The molecule has 1 aliphatic rings. The zero-order valence-corrected chi connectivity index (χ0v) is 10.9. The molecule has 17 heavy (non-hydrogen) atoms. The van der Waals surface area contributed by atoms with Gasteiger partial charge in [0, 0.05) is 25.1 Å². The van der Waals surface area contributed by atoms with Crippen molar-refractivity contribution in [2.45, 2.75) is 38.6 Å². The smallest absolute Gasteiger partial charge is 0.0546 e. The molecule has 1 aromatic rings. The van der Waals surface area contributed by atoms with Gasteiger partial charge in [-0.05, 0) is 37.8 Å². The third kappa shape index (κ3) is 3.83. The maximum Gasteiger partial charge on any atom is 0.0546 e. The van der Waals surface area contributed by atoms with Crippen molar-refractivity contribution in [2.75, 3.05) is 19.8 Å². The molecule has 1 N–H and O–H groups in total. The van der Waals surface area contributed by atoms with Gasteiger partial charge in [0.25, 0.3) is 0 Å². The van der Waals surface area contributed by atoms with Crippen LogP contribution in [0.3, 0.4) is 0 Å². The molecule has 0 heterocycles. The van der Waals surface area contributed by atoms with Gasteiger partial charge in [0.1, 0.15) is 0 Å². The Kier molecular flexibility index (Phi) is 4.57. The molecule has 0 spiro atoms. The van der Waals surface area contributed by atoms with E-state index in [9.17, 15) is 0 Å². The molecule has 2 nitrogen and oxygen atoms in total. The van der Waals surface area contributed by atoms with Gasteiger partial charge in [-0.3, -0.25) is 0 Å². The lowest BCUT2D eigenvalue weighted by molar-refractivity contribution is 0.131. The van der Waals surface area contributed by atoms with Crippen LogP contribution in [0.15, 0.2) is 24.3 Å². The molecule has 94 valence electrons. The van der Waals surface area contributed by atoms with E-state index in [-0.39, 0.29) is 0 Å². The zero-order chi connectivity index (χ0) is 12.1. The summed E-state index contributed by atoms with van der Waals surface area (Å²) in [7, 11) is 0. The summed E-state index contributed by atoms with van der Waals surface area (Å²) in [6.07, 6.45) is 2.68. The van der Waals surface area contributed by atoms with Crippen LogP contribution < -0.4 is 5.32 Å². The molecule has 2 rings (SSSR count). The van der Waals surface area contributed by atoms with Crippen molar-refractivity contribution in [3.8, 4) is 0 Å². The highest BCUT2D eigenvalue weighted by Gasteiger charge is 2.22. The van der Waals surface area contributed by atoms with Gasteiger partial charge < -0.3 is 10.1 Å². The van der Waals surface area contributed by atoms with E-state index in [1.54, 1.807) is 0 Å². The maximum atomic E-state index is 5.62. The first-order chi connectivity index (χ1) is 8.31. The fourth-order valence-electron chi connectivity index (χ4n) is 2.16. The number of ether oxygens (including phenoxy) is 1. The second-order valence-electron chi connectivity index (χ2n) is 4.90. The fourth-order valence-corrected chi connectivity index (χ4v) is 2.16. The summed E-state index contributed by atoms with van der Waals surface area (Å²) in [4.78, 5) is 0. The molecule has 0 bridgehead atoms. The SMILES string of the molecule is CCOCC(CNC1CC1)c1ccccc1C. The summed E-state index contributed by atoms with van der Waals surface area (Å²) in [5.74, 6) is 0.483. The quantitative estimate of drug-likeness (QED) is 0.782. The fraction of sp³-hybridized carbons (Fsp3) is 0.600. The highest BCUT2D eigenvalue weighted by molar-refractivity contribution is 5.29. The Hall–Kier alpha value is -0.860. The van der Waals surface area contributed by atoms with Gasteiger partial charge in [-0.25, -0.2) is 0 Å². The Balaban J connectivity index is 1.99. The van der Waals surface area contributed by atoms with Gasteiger partial charge in [-0.1, -0.05) is 24.3 Å². The molecule has 1 aromatic carbocycles. The minimum absolute atomic E-state index is 0.483. The molecular weight excluding hydrogens is 210 g/mol. The first-order valence-corrected chi connectivity index (χ1v) is 6.68. The van der Waals surface area contributed by atoms with E-state index in [4.69, 9.17) is 4.74 Å². The van der Waals surface area contributed by atoms with Gasteiger partial charge in [0.15, 0.2) is 0 Å². The van der Waals surface area contributed by atoms with Crippen LogP contribution in [0.4, 0.5) is 0 Å². The predicted octanol–water partition coefficient (Wildman–Crippen LogP) is 2.87. The topological polar surface area (TPSA) is 21.3 Å². The number of hydrogen-bond acceptors (Lipinski definition) is 2. The van der Waals surface area contributed by atoms with Crippen molar-refractivity contribution < 1.29 is 4.74 Å². The zero-order valence-electron chi connectivity index (χ0n) is 10.9. The third-order valence-corrected chi connectivity index (χ3v) is 3.38. The van der Waals surface area contributed by atoms with Gasteiger partial charge in [-0.15, -0.1) is 0 Å². The van der Waals surface area contributed by atoms with E-state index in [2.05, 4.69) is 43.4 Å². The highest BCUT2D eigenvalue weighted by Crippen LogP contribution is 2.23. The second kappa shape index (κ2) is 6.18. The van der Waals surface area contributed by atoms with Crippen LogP contribution in [0, 0.1) is 6.92 Å². The van der Waals surface area contributed by atoms with Crippen molar-refractivity contribution in [2.24, 2.45) is 0 Å². The molecule has 1 atom stereocenters. The van der Waals surface area contributed by atoms with Crippen LogP contribution in [-0.2, 0) is 4.74 Å². The lowest BCUT2D eigenvalue weighted by Crippen LogP contribution is -2.26. The van der Waals surface area contributed by atoms with E-state index in [1.807, 2.05) is 0 Å². The summed E-state index contributed by atoms with van der Waals surface area (Å²) >= 11 is 0. The minimum Gasteiger partial charge on any atom is -0.381 e. The highest BCUT2D eigenvalue weighted by atomic mass is 16.5. The summed E-state index contributed by atoms with van der Waals surface area (Å²) in [5.41, 5.74) is 2.80. The molecule has 0 saturated heterocycles.